The Morgan fingerprint density at radius 3 is 2.65 bits per heavy atom. The first-order valence-electron chi connectivity index (χ1n) is 7.06. The number of halogens is 1. The predicted molar refractivity (Wildman–Crippen MR) is 83.6 cm³/mol. The minimum absolute atomic E-state index is 0.0104. The second-order valence-electron chi connectivity index (χ2n) is 4.90. The van der Waals surface area contributed by atoms with Crippen molar-refractivity contribution >= 4 is 21.2 Å². The third-order valence-corrected chi connectivity index (χ3v) is 4.86. The summed E-state index contributed by atoms with van der Waals surface area (Å²) in [4.78, 5) is 8.68. The van der Waals surface area contributed by atoms with Gasteiger partial charge < -0.3 is 4.57 Å². The normalized spacial score (nSPS) is 11.9. The molecule has 2 heterocycles. The van der Waals surface area contributed by atoms with E-state index in [2.05, 4.69) is 14.7 Å². The first kappa shape index (κ1) is 15.6. The summed E-state index contributed by atoms with van der Waals surface area (Å²) in [7, 11) is -3.73. The van der Waals surface area contributed by atoms with Crippen LogP contribution in [0.25, 0.3) is 11.2 Å². The van der Waals surface area contributed by atoms with Gasteiger partial charge in [0, 0.05) is 12.7 Å². The van der Waals surface area contributed by atoms with E-state index in [9.17, 15) is 12.8 Å². The lowest BCUT2D eigenvalue weighted by Gasteiger charge is -2.08. The highest BCUT2D eigenvalue weighted by Crippen LogP contribution is 2.15. The van der Waals surface area contributed by atoms with Crippen molar-refractivity contribution in [2.24, 2.45) is 0 Å². The second-order valence-corrected chi connectivity index (χ2v) is 6.66. The minimum atomic E-state index is -3.73. The Kier molecular flexibility index (Phi) is 4.10. The number of benzene rings is 1. The van der Waals surface area contributed by atoms with Crippen LogP contribution in [0.2, 0.25) is 0 Å². The number of sulfonamides is 1. The first-order valence-corrected chi connectivity index (χ1v) is 8.55. The van der Waals surface area contributed by atoms with Gasteiger partial charge in [-0.05, 0) is 43.3 Å². The Balaban J connectivity index is 1.87. The van der Waals surface area contributed by atoms with Gasteiger partial charge in [0.05, 0.1) is 11.4 Å². The first-order chi connectivity index (χ1) is 11.0. The molecule has 0 aliphatic heterocycles. The number of imidazole rings is 1. The maximum absolute atomic E-state index is 12.9. The van der Waals surface area contributed by atoms with Crippen molar-refractivity contribution in [2.75, 3.05) is 0 Å². The molecule has 1 aromatic carbocycles. The van der Waals surface area contributed by atoms with Gasteiger partial charge in [0.15, 0.2) is 5.65 Å². The molecule has 0 bridgehead atoms. The van der Waals surface area contributed by atoms with Gasteiger partial charge in [0.1, 0.15) is 17.2 Å². The van der Waals surface area contributed by atoms with Crippen molar-refractivity contribution in [3.8, 4) is 0 Å². The highest BCUT2D eigenvalue weighted by molar-refractivity contribution is 7.89. The zero-order valence-electron chi connectivity index (χ0n) is 12.4. The van der Waals surface area contributed by atoms with Crippen LogP contribution in [0, 0.1) is 5.82 Å². The number of fused-ring (bicyclic) bond motifs is 1. The number of aryl methyl sites for hydroxylation is 1. The average molecular weight is 334 g/mol. The number of nitrogens with one attached hydrogen (secondary N) is 1. The fraction of sp³-hybridized carbons (Fsp3) is 0.200. The Hall–Kier alpha value is -2.32. The summed E-state index contributed by atoms with van der Waals surface area (Å²) >= 11 is 0. The van der Waals surface area contributed by atoms with Gasteiger partial charge in [-0.25, -0.2) is 27.5 Å². The van der Waals surface area contributed by atoms with Gasteiger partial charge in [-0.1, -0.05) is 0 Å². The van der Waals surface area contributed by atoms with E-state index in [1.54, 1.807) is 12.3 Å². The fourth-order valence-corrected chi connectivity index (χ4v) is 3.31. The van der Waals surface area contributed by atoms with Gasteiger partial charge >= 0.3 is 0 Å². The number of pyridine rings is 1. The lowest BCUT2D eigenvalue weighted by molar-refractivity contribution is 0.575. The fourth-order valence-electron chi connectivity index (χ4n) is 2.33. The molecular formula is C15H15FN4O2S. The van der Waals surface area contributed by atoms with Crippen molar-refractivity contribution in [1.29, 1.82) is 0 Å². The largest absolute Gasteiger partial charge is 0.312 e. The van der Waals surface area contributed by atoms with Gasteiger partial charge in [-0.15, -0.1) is 0 Å². The summed E-state index contributed by atoms with van der Waals surface area (Å²) in [5.41, 5.74) is 1.43. The quantitative estimate of drug-likeness (QED) is 0.775. The number of nitrogens with zero attached hydrogens (tertiary/aromatic N) is 3. The van der Waals surface area contributed by atoms with Crippen LogP contribution in [-0.4, -0.2) is 23.0 Å². The molecule has 0 saturated carbocycles. The Bertz CT molecular complexity index is 936. The minimum Gasteiger partial charge on any atom is -0.312 e. The lowest BCUT2D eigenvalue weighted by atomic mass is 10.4. The van der Waals surface area contributed by atoms with Crippen molar-refractivity contribution in [3.05, 3.63) is 54.2 Å². The van der Waals surface area contributed by atoms with Gasteiger partial charge in [-0.2, -0.15) is 0 Å². The molecule has 0 aliphatic carbocycles. The molecule has 1 N–H and O–H groups in total. The zero-order chi connectivity index (χ0) is 16.4. The number of rotatable bonds is 5. The molecule has 0 fully saturated rings. The molecule has 0 atom stereocenters. The van der Waals surface area contributed by atoms with Crippen molar-refractivity contribution in [2.45, 2.75) is 24.9 Å². The average Bonchev–Trinajstić information content (AvgIpc) is 2.91. The topological polar surface area (TPSA) is 76.9 Å². The lowest BCUT2D eigenvalue weighted by Crippen LogP contribution is -2.25. The summed E-state index contributed by atoms with van der Waals surface area (Å²) in [6.07, 6.45) is 1.67. The number of hydrogen-bond acceptors (Lipinski definition) is 4. The molecule has 0 aliphatic rings. The van der Waals surface area contributed by atoms with Crippen LogP contribution in [0.4, 0.5) is 4.39 Å². The molecule has 0 unspecified atom stereocenters. The van der Waals surface area contributed by atoms with E-state index in [1.807, 2.05) is 17.6 Å². The Morgan fingerprint density at radius 2 is 1.96 bits per heavy atom. The van der Waals surface area contributed by atoms with E-state index >= 15 is 0 Å². The summed E-state index contributed by atoms with van der Waals surface area (Å²) in [5.74, 6) is 0.0923. The molecule has 0 spiro atoms. The van der Waals surface area contributed by atoms with Crippen LogP contribution >= 0.6 is 0 Å². The molecule has 23 heavy (non-hydrogen) atoms. The number of aromatic nitrogens is 3. The second kappa shape index (κ2) is 6.05. The number of hydrogen-bond donors (Lipinski definition) is 1. The summed E-state index contributed by atoms with van der Waals surface area (Å²) < 4.78 is 41.7. The van der Waals surface area contributed by atoms with E-state index in [-0.39, 0.29) is 11.4 Å². The van der Waals surface area contributed by atoms with Gasteiger partial charge in [-0.3, -0.25) is 0 Å². The van der Waals surface area contributed by atoms with Crippen molar-refractivity contribution in [3.63, 3.8) is 0 Å². The van der Waals surface area contributed by atoms with Crippen molar-refractivity contribution in [1.82, 2.24) is 19.3 Å². The molecule has 8 heteroatoms. The van der Waals surface area contributed by atoms with Crippen LogP contribution in [0.3, 0.4) is 0 Å². The molecule has 3 aromatic rings. The van der Waals surface area contributed by atoms with E-state index < -0.39 is 15.8 Å². The predicted octanol–water partition coefficient (Wildman–Crippen LogP) is 2.07. The standard InChI is InChI=1S/C15H15FN4O2S/c1-2-20-14(19-13-4-3-9-17-15(13)20)10-18-23(21,22)12-7-5-11(16)6-8-12/h3-9,18H,2,10H2,1H3. The maximum atomic E-state index is 12.9. The molecule has 0 saturated heterocycles. The monoisotopic (exact) mass is 334 g/mol. The summed E-state index contributed by atoms with van der Waals surface area (Å²) in [6, 6.07) is 8.28. The molecule has 120 valence electrons. The van der Waals surface area contributed by atoms with E-state index in [0.717, 1.165) is 12.1 Å². The molecule has 3 rings (SSSR count). The van der Waals surface area contributed by atoms with Gasteiger partial charge in [0.25, 0.3) is 0 Å². The van der Waals surface area contributed by atoms with Gasteiger partial charge in [0.2, 0.25) is 10.0 Å². The van der Waals surface area contributed by atoms with Crippen LogP contribution in [0.15, 0.2) is 47.5 Å². The SMILES string of the molecule is CCn1c(CNS(=O)(=O)c2ccc(F)cc2)nc2cccnc21. The Labute approximate surface area is 133 Å². The molecule has 6 nitrogen and oxygen atoms in total. The molecule has 0 radical (unpaired) electrons. The molecule has 0 amide bonds. The van der Waals surface area contributed by atoms with Crippen LogP contribution in [-0.2, 0) is 23.1 Å². The van der Waals surface area contributed by atoms with Crippen LogP contribution < -0.4 is 4.72 Å². The Morgan fingerprint density at radius 1 is 1.22 bits per heavy atom. The third kappa shape index (κ3) is 3.08. The third-order valence-electron chi connectivity index (χ3n) is 3.44. The molecular weight excluding hydrogens is 319 g/mol. The van der Waals surface area contributed by atoms with E-state index in [0.29, 0.717) is 23.5 Å². The van der Waals surface area contributed by atoms with E-state index in [4.69, 9.17) is 0 Å². The van der Waals surface area contributed by atoms with Crippen LogP contribution in [0.1, 0.15) is 12.7 Å². The summed E-state index contributed by atoms with van der Waals surface area (Å²) in [6.45, 7) is 2.60. The van der Waals surface area contributed by atoms with Crippen LogP contribution in [0.5, 0.6) is 0 Å². The maximum Gasteiger partial charge on any atom is 0.240 e. The summed E-state index contributed by atoms with van der Waals surface area (Å²) in [5, 5.41) is 0. The van der Waals surface area contributed by atoms with Crippen molar-refractivity contribution < 1.29 is 12.8 Å². The highest BCUT2D eigenvalue weighted by atomic mass is 32.2. The smallest absolute Gasteiger partial charge is 0.240 e. The highest BCUT2D eigenvalue weighted by Gasteiger charge is 2.16. The van der Waals surface area contributed by atoms with E-state index in [1.165, 1.54) is 12.1 Å². The molecule has 2 aromatic heterocycles. The zero-order valence-corrected chi connectivity index (χ0v) is 13.2.